The van der Waals surface area contributed by atoms with Gasteiger partial charge in [0.25, 0.3) is 0 Å². The maximum atomic E-state index is 13.7. The molecule has 1 unspecified atom stereocenters. The number of nitrogens with zero attached hydrogens (tertiary/aromatic N) is 1. The summed E-state index contributed by atoms with van der Waals surface area (Å²) in [6, 6.07) is 0.455. The highest BCUT2D eigenvalue weighted by molar-refractivity contribution is 5.78. The number of carboxylic acids is 1. The van der Waals surface area contributed by atoms with E-state index in [1.165, 1.54) is 7.11 Å². The zero-order valence-electron chi connectivity index (χ0n) is 10.4. The molecule has 1 aromatic carbocycles. The fourth-order valence-corrected chi connectivity index (χ4v) is 1.47. The van der Waals surface area contributed by atoms with E-state index in [4.69, 9.17) is 16.3 Å². The van der Waals surface area contributed by atoms with Crippen LogP contribution in [0.4, 0.5) is 15.8 Å². The minimum Gasteiger partial charge on any atom is -0.490 e. The zero-order valence-corrected chi connectivity index (χ0v) is 10.4. The van der Waals surface area contributed by atoms with Crippen molar-refractivity contribution in [2.75, 3.05) is 12.4 Å². The average molecular weight is 282 g/mol. The standard InChI is InChI=1S/C12H11FN2O5/c1-3-4-8(12(16)17)14-9-6-11(20-2)10(15(18)19)5-7(9)13/h1,5-6,8,14H,4H2,2H3,(H,16,17). The lowest BCUT2D eigenvalue weighted by Crippen LogP contribution is -2.29. The van der Waals surface area contributed by atoms with Crippen LogP contribution in [0.15, 0.2) is 12.1 Å². The van der Waals surface area contributed by atoms with Gasteiger partial charge in [0, 0.05) is 12.5 Å². The predicted molar refractivity (Wildman–Crippen MR) is 68.1 cm³/mol. The fourth-order valence-electron chi connectivity index (χ4n) is 1.47. The van der Waals surface area contributed by atoms with Crippen LogP contribution in [0.3, 0.4) is 0 Å². The van der Waals surface area contributed by atoms with Gasteiger partial charge in [0.15, 0.2) is 11.6 Å². The van der Waals surface area contributed by atoms with Crippen LogP contribution in [0.5, 0.6) is 5.75 Å². The predicted octanol–water partition coefficient (Wildman–Crippen LogP) is 1.63. The second-order valence-electron chi connectivity index (χ2n) is 3.70. The molecular weight excluding hydrogens is 271 g/mol. The molecular formula is C12H11FN2O5. The van der Waals surface area contributed by atoms with Crippen LogP contribution >= 0.6 is 0 Å². The van der Waals surface area contributed by atoms with Crippen molar-refractivity contribution in [3.8, 4) is 18.1 Å². The number of halogens is 1. The van der Waals surface area contributed by atoms with Crippen molar-refractivity contribution in [1.29, 1.82) is 0 Å². The molecule has 1 atom stereocenters. The van der Waals surface area contributed by atoms with Crippen LogP contribution in [0.2, 0.25) is 0 Å². The van der Waals surface area contributed by atoms with E-state index in [1.807, 2.05) is 0 Å². The van der Waals surface area contributed by atoms with Crippen LogP contribution in [0.25, 0.3) is 0 Å². The highest BCUT2D eigenvalue weighted by Gasteiger charge is 2.22. The number of rotatable bonds is 6. The van der Waals surface area contributed by atoms with E-state index in [1.54, 1.807) is 0 Å². The molecule has 7 nitrogen and oxygen atoms in total. The van der Waals surface area contributed by atoms with Gasteiger partial charge in [-0.3, -0.25) is 10.1 Å². The Hall–Kier alpha value is -2.82. The lowest BCUT2D eigenvalue weighted by atomic mass is 10.2. The number of carboxylic acid groups (broad SMARTS) is 1. The molecule has 0 fully saturated rings. The van der Waals surface area contributed by atoms with Gasteiger partial charge in [-0.15, -0.1) is 12.3 Å². The first kappa shape index (κ1) is 15.2. The van der Waals surface area contributed by atoms with Gasteiger partial charge in [0.1, 0.15) is 6.04 Å². The number of nitro groups is 1. The number of ether oxygens (including phenoxy) is 1. The molecule has 20 heavy (non-hydrogen) atoms. The Morgan fingerprint density at radius 1 is 1.70 bits per heavy atom. The third-order valence-electron chi connectivity index (χ3n) is 2.42. The van der Waals surface area contributed by atoms with Gasteiger partial charge in [0.2, 0.25) is 0 Å². The smallest absolute Gasteiger partial charge is 0.327 e. The zero-order chi connectivity index (χ0) is 15.3. The Bertz CT molecular complexity index is 582. The van der Waals surface area contributed by atoms with Crippen LogP contribution in [-0.4, -0.2) is 29.2 Å². The van der Waals surface area contributed by atoms with E-state index >= 15 is 0 Å². The van der Waals surface area contributed by atoms with Gasteiger partial charge in [-0.25, -0.2) is 9.18 Å². The fraction of sp³-hybridized carbons (Fsp3) is 0.250. The molecule has 0 heterocycles. The van der Waals surface area contributed by atoms with Crippen molar-refractivity contribution < 1.29 is 24.0 Å². The Balaban J connectivity index is 3.16. The third kappa shape index (κ3) is 3.35. The van der Waals surface area contributed by atoms with Crippen molar-refractivity contribution >= 4 is 17.3 Å². The number of aliphatic carboxylic acids is 1. The number of nitro benzene ring substituents is 1. The number of hydrogen-bond donors (Lipinski definition) is 2. The molecule has 106 valence electrons. The normalized spacial score (nSPS) is 11.2. The van der Waals surface area contributed by atoms with Crippen molar-refractivity contribution in [2.24, 2.45) is 0 Å². The van der Waals surface area contributed by atoms with Crippen molar-refractivity contribution in [3.05, 3.63) is 28.1 Å². The van der Waals surface area contributed by atoms with Crippen molar-refractivity contribution in [1.82, 2.24) is 0 Å². The second kappa shape index (κ2) is 6.38. The minimum absolute atomic E-state index is 0.173. The van der Waals surface area contributed by atoms with Gasteiger partial charge in [0.05, 0.1) is 23.8 Å². The quantitative estimate of drug-likeness (QED) is 0.467. The molecule has 0 amide bonds. The first-order chi connectivity index (χ1) is 9.40. The van der Waals surface area contributed by atoms with E-state index in [0.29, 0.717) is 6.07 Å². The van der Waals surface area contributed by atoms with E-state index < -0.39 is 28.4 Å². The summed E-state index contributed by atoms with van der Waals surface area (Å²) < 4.78 is 18.5. The molecule has 0 spiro atoms. The molecule has 8 heteroatoms. The van der Waals surface area contributed by atoms with Crippen LogP contribution < -0.4 is 10.1 Å². The Kier molecular flexibility index (Phi) is 4.86. The summed E-state index contributed by atoms with van der Waals surface area (Å²) in [5.41, 5.74) is -0.797. The van der Waals surface area contributed by atoms with Crippen LogP contribution in [0.1, 0.15) is 6.42 Å². The summed E-state index contributed by atoms with van der Waals surface area (Å²) in [5.74, 6) is -0.285. The van der Waals surface area contributed by atoms with Crippen molar-refractivity contribution in [2.45, 2.75) is 12.5 Å². The molecule has 1 rings (SSSR count). The number of benzene rings is 1. The summed E-state index contributed by atoms with van der Waals surface area (Å²) in [6.07, 6.45) is 4.85. The molecule has 0 saturated carbocycles. The average Bonchev–Trinajstić information content (AvgIpc) is 2.39. The summed E-state index contributed by atoms with van der Waals surface area (Å²) >= 11 is 0. The van der Waals surface area contributed by atoms with Gasteiger partial charge in [-0.2, -0.15) is 0 Å². The highest BCUT2D eigenvalue weighted by atomic mass is 19.1. The number of terminal acetylenes is 1. The number of hydrogen-bond acceptors (Lipinski definition) is 5. The van der Waals surface area contributed by atoms with Crippen molar-refractivity contribution in [3.63, 3.8) is 0 Å². The van der Waals surface area contributed by atoms with Crippen LogP contribution in [-0.2, 0) is 4.79 Å². The highest BCUT2D eigenvalue weighted by Crippen LogP contribution is 2.32. The maximum absolute atomic E-state index is 13.7. The summed E-state index contributed by atoms with van der Waals surface area (Å²) in [6.45, 7) is 0. The molecule has 0 bridgehead atoms. The Labute approximate surface area is 113 Å². The summed E-state index contributed by atoms with van der Waals surface area (Å²) in [5, 5.41) is 22.0. The molecule has 0 aliphatic rings. The number of methoxy groups -OCH3 is 1. The summed E-state index contributed by atoms with van der Waals surface area (Å²) in [4.78, 5) is 20.8. The van der Waals surface area contributed by atoms with E-state index in [9.17, 15) is 19.3 Å². The lowest BCUT2D eigenvalue weighted by Gasteiger charge is -2.14. The largest absolute Gasteiger partial charge is 0.490 e. The van der Waals surface area contributed by atoms with Gasteiger partial charge in [-0.1, -0.05) is 0 Å². The van der Waals surface area contributed by atoms with E-state index in [-0.39, 0.29) is 17.9 Å². The third-order valence-corrected chi connectivity index (χ3v) is 2.42. The first-order valence-corrected chi connectivity index (χ1v) is 5.35. The monoisotopic (exact) mass is 282 g/mol. The second-order valence-corrected chi connectivity index (χ2v) is 3.70. The molecule has 1 aromatic rings. The molecule has 0 aliphatic heterocycles. The van der Waals surface area contributed by atoms with Gasteiger partial charge >= 0.3 is 11.7 Å². The Morgan fingerprint density at radius 2 is 2.35 bits per heavy atom. The lowest BCUT2D eigenvalue weighted by molar-refractivity contribution is -0.385. The van der Waals surface area contributed by atoms with E-state index in [0.717, 1.165) is 6.07 Å². The molecule has 2 N–H and O–H groups in total. The van der Waals surface area contributed by atoms with Gasteiger partial charge in [-0.05, 0) is 0 Å². The topological polar surface area (TPSA) is 102 Å². The number of anilines is 1. The minimum atomic E-state index is -1.26. The molecule has 0 radical (unpaired) electrons. The molecule has 0 saturated heterocycles. The number of nitrogens with one attached hydrogen (secondary N) is 1. The van der Waals surface area contributed by atoms with E-state index in [2.05, 4.69) is 11.2 Å². The van der Waals surface area contributed by atoms with Crippen LogP contribution in [0, 0.1) is 28.3 Å². The first-order valence-electron chi connectivity index (χ1n) is 5.35. The number of carbonyl (C=O) groups is 1. The SMILES string of the molecule is C#CCC(Nc1cc(OC)c([N+](=O)[O-])cc1F)C(=O)O. The Morgan fingerprint density at radius 3 is 2.80 bits per heavy atom. The molecule has 0 aliphatic carbocycles. The molecule has 0 aromatic heterocycles. The summed E-state index contributed by atoms with van der Waals surface area (Å²) in [7, 11) is 1.18. The van der Waals surface area contributed by atoms with Gasteiger partial charge < -0.3 is 15.2 Å². The maximum Gasteiger partial charge on any atom is 0.327 e.